The van der Waals surface area contributed by atoms with Crippen LogP contribution in [0.1, 0.15) is 22.3 Å². The van der Waals surface area contributed by atoms with E-state index in [0.29, 0.717) is 17.4 Å². The van der Waals surface area contributed by atoms with Crippen LogP contribution in [0.2, 0.25) is 0 Å². The van der Waals surface area contributed by atoms with Crippen molar-refractivity contribution in [2.24, 2.45) is 16.9 Å². The zero-order valence-corrected chi connectivity index (χ0v) is 14.6. The zero-order valence-electron chi connectivity index (χ0n) is 14.6. The fraction of sp³-hybridized carbons (Fsp3) is 0.182. The molecule has 26 heavy (non-hydrogen) atoms. The van der Waals surface area contributed by atoms with E-state index in [0.717, 1.165) is 12.2 Å². The summed E-state index contributed by atoms with van der Waals surface area (Å²) >= 11 is 0. The average Bonchev–Trinajstić information content (AvgIpc) is 3.30. The van der Waals surface area contributed by atoms with Crippen molar-refractivity contribution in [3.05, 3.63) is 83.4 Å². The van der Waals surface area contributed by atoms with Gasteiger partial charge in [-0.3, -0.25) is 4.79 Å². The lowest BCUT2D eigenvalue weighted by Crippen LogP contribution is -2.18. The van der Waals surface area contributed by atoms with Crippen LogP contribution in [0.3, 0.4) is 0 Å². The van der Waals surface area contributed by atoms with Crippen molar-refractivity contribution in [1.82, 2.24) is 5.43 Å². The van der Waals surface area contributed by atoms with Crippen LogP contribution in [0.25, 0.3) is 5.57 Å². The highest BCUT2D eigenvalue weighted by Gasteiger charge is 2.34. The highest BCUT2D eigenvalue weighted by Crippen LogP contribution is 2.47. The maximum absolute atomic E-state index is 12.2. The fourth-order valence-electron chi connectivity index (χ4n) is 3.69. The van der Waals surface area contributed by atoms with Crippen LogP contribution in [0.15, 0.2) is 77.4 Å². The Balaban J connectivity index is 1.51. The van der Waals surface area contributed by atoms with Crippen molar-refractivity contribution in [3.8, 4) is 5.75 Å². The van der Waals surface area contributed by atoms with Gasteiger partial charge in [0.2, 0.25) is 0 Å². The molecule has 2 aliphatic carbocycles. The molecule has 0 heterocycles. The lowest BCUT2D eigenvalue weighted by atomic mass is 9.92. The number of carbonyl (C=O) groups excluding carboxylic acids is 1. The third-order valence-electron chi connectivity index (χ3n) is 4.97. The Labute approximate surface area is 152 Å². The van der Waals surface area contributed by atoms with Crippen LogP contribution in [0, 0.1) is 11.8 Å². The summed E-state index contributed by atoms with van der Waals surface area (Å²) in [5.41, 5.74) is 6.92. The second-order valence-corrected chi connectivity index (χ2v) is 6.50. The summed E-state index contributed by atoms with van der Waals surface area (Å²) in [7, 11) is 1.60. The molecule has 0 aliphatic heterocycles. The minimum absolute atomic E-state index is 0.232. The second-order valence-electron chi connectivity index (χ2n) is 6.50. The fourth-order valence-corrected chi connectivity index (χ4v) is 3.69. The Morgan fingerprint density at radius 2 is 1.81 bits per heavy atom. The van der Waals surface area contributed by atoms with E-state index < -0.39 is 0 Å². The highest BCUT2D eigenvalue weighted by atomic mass is 16.5. The number of nitrogens with one attached hydrogen (secondary N) is 1. The molecule has 1 N–H and O–H groups in total. The summed E-state index contributed by atoms with van der Waals surface area (Å²) in [5, 5.41) is 4.22. The standard InChI is InChI=1S/C22H20N2O2/c1-26-19-11-9-16(10-12-19)22(25)24-23-14-20-17-7-8-18(13-17)21(20)15-5-3-2-4-6-15/h2-12,14,17-18H,13H2,1H3,(H,24,25)/b23-14-/t17-,18-/m1/s1. The van der Waals surface area contributed by atoms with E-state index in [9.17, 15) is 4.79 Å². The maximum atomic E-state index is 12.2. The Hall–Kier alpha value is -3.14. The van der Waals surface area contributed by atoms with Crippen LogP contribution in [-0.4, -0.2) is 19.2 Å². The van der Waals surface area contributed by atoms with Crippen molar-refractivity contribution in [3.63, 3.8) is 0 Å². The Bertz CT molecular complexity index is 895. The monoisotopic (exact) mass is 344 g/mol. The predicted octanol–water partition coefficient (Wildman–Crippen LogP) is 4.07. The van der Waals surface area contributed by atoms with Gasteiger partial charge in [0.1, 0.15) is 5.75 Å². The van der Waals surface area contributed by atoms with Gasteiger partial charge in [0.15, 0.2) is 0 Å². The van der Waals surface area contributed by atoms with E-state index >= 15 is 0 Å². The number of methoxy groups -OCH3 is 1. The number of hydrazone groups is 1. The summed E-state index contributed by atoms with van der Waals surface area (Å²) in [6, 6.07) is 17.4. The van der Waals surface area contributed by atoms with Crippen LogP contribution >= 0.6 is 0 Å². The molecule has 0 saturated carbocycles. The predicted molar refractivity (Wildman–Crippen MR) is 103 cm³/mol. The van der Waals surface area contributed by atoms with Crippen molar-refractivity contribution < 1.29 is 9.53 Å². The van der Waals surface area contributed by atoms with Crippen molar-refractivity contribution in [2.45, 2.75) is 6.42 Å². The Kier molecular flexibility index (Phi) is 4.40. The number of allylic oxidation sites excluding steroid dienone is 4. The molecule has 1 amide bonds. The van der Waals surface area contributed by atoms with Gasteiger partial charge < -0.3 is 4.74 Å². The SMILES string of the molecule is COc1ccc(C(=O)N/N=C\C2=C(c3ccccc3)[C@@H]3C=C[C@@H]2C3)cc1. The van der Waals surface area contributed by atoms with E-state index in [1.165, 1.54) is 16.7 Å². The number of amides is 1. The molecule has 2 aromatic rings. The van der Waals surface area contributed by atoms with Gasteiger partial charge >= 0.3 is 0 Å². The van der Waals surface area contributed by atoms with E-state index in [4.69, 9.17) is 4.74 Å². The molecule has 2 atom stereocenters. The maximum Gasteiger partial charge on any atom is 0.271 e. The first-order valence-corrected chi connectivity index (χ1v) is 8.71. The number of hydrogen-bond donors (Lipinski definition) is 1. The number of ether oxygens (including phenoxy) is 1. The molecule has 0 fully saturated rings. The molecule has 0 spiro atoms. The highest BCUT2D eigenvalue weighted by molar-refractivity contribution is 5.98. The van der Waals surface area contributed by atoms with Crippen LogP contribution in [-0.2, 0) is 0 Å². The lowest BCUT2D eigenvalue weighted by molar-refractivity contribution is 0.0955. The summed E-state index contributed by atoms with van der Waals surface area (Å²) in [6.45, 7) is 0. The minimum atomic E-state index is -0.232. The van der Waals surface area contributed by atoms with E-state index in [2.05, 4.69) is 46.9 Å². The summed E-state index contributed by atoms with van der Waals surface area (Å²) in [6.07, 6.45) is 7.42. The molecule has 2 aliphatic rings. The molecule has 4 heteroatoms. The van der Waals surface area contributed by atoms with Gasteiger partial charge in [-0.25, -0.2) is 5.43 Å². The lowest BCUT2D eigenvalue weighted by Gasteiger charge is -2.13. The van der Waals surface area contributed by atoms with Crippen molar-refractivity contribution in [2.75, 3.05) is 7.11 Å². The van der Waals surface area contributed by atoms with Crippen LogP contribution in [0.5, 0.6) is 5.75 Å². The first-order chi connectivity index (χ1) is 12.8. The third-order valence-corrected chi connectivity index (χ3v) is 4.97. The molecular formula is C22H20N2O2. The number of hydrogen-bond acceptors (Lipinski definition) is 3. The largest absolute Gasteiger partial charge is 0.497 e. The van der Waals surface area contributed by atoms with Crippen LogP contribution in [0.4, 0.5) is 0 Å². The molecule has 4 nitrogen and oxygen atoms in total. The van der Waals surface area contributed by atoms with Gasteiger partial charge in [-0.05, 0) is 47.4 Å². The molecule has 0 aromatic heterocycles. The van der Waals surface area contributed by atoms with Crippen molar-refractivity contribution in [1.29, 1.82) is 0 Å². The average molecular weight is 344 g/mol. The molecule has 130 valence electrons. The molecule has 2 aromatic carbocycles. The van der Waals surface area contributed by atoms with E-state index in [1.807, 2.05) is 6.07 Å². The van der Waals surface area contributed by atoms with Gasteiger partial charge in [0, 0.05) is 17.4 Å². The van der Waals surface area contributed by atoms with Gasteiger partial charge in [0.25, 0.3) is 5.91 Å². The third kappa shape index (κ3) is 3.06. The number of carbonyl (C=O) groups is 1. The van der Waals surface area contributed by atoms with E-state index in [1.54, 1.807) is 37.6 Å². The Morgan fingerprint density at radius 1 is 1.08 bits per heavy atom. The number of fused-ring (bicyclic) bond motifs is 2. The van der Waals surface area contributed by atoms with Gasteiger partial charge in [-0.15, -0.1) is 0 Å². The molecule has 0 radical (unpaired) electrons. The number of nitrogens with zero attached hydrogens (tertiary/aromatic N) is 1. The first-order valence-electron chi connectivity index (χ1n) is 8.71. The summed E-state index contributed by atoms with van der Waals surface area (Å²) in [5.74, 6) is 1.32. The molecule has 0 unspecified atom stereocenters. The van der Waals surface area contributed by atoms with Crippen LogP contribution < -0.4 is 10.2 Å². The topological polar surface area (TPSA) is 50.7 Å². The molecular weight excluding hydrogens is 324 g/mol. The first kappa shape index (κ1) is 16.3. The van der Waals surface area contributed by atoms with E-state index in [-0.39, 0.29) is 5.91 Å². The van der Waals surface area contributed by atoms with Gasteiger partial charge in [-0.2, -0.15) is 5.10 Å². The Morgan fingerprint density at radius 3 is 2.54 bits per heavy atom. The number of benzene rings is 2. The summed E-state index contributed by atoms with van der Waals surface area (Å²) in [4.78, 5) is 12.2. The quantitative estimate of drug-likeness (QED) is 0.505. The summed E-state index contributed by atoms with van der Waals surface area (Å²) < 4.78 is 5.11. The molecule has 0 saturated heterocycles. The van der Waals surface area contributed by atoms with Gasteiger partial charge in [0.05, 0.1) is 13.3 Å². The van der Waals surface area contributed by atoms with Gasteiger partial charge in [-0.1, -0.05) is 42.5 Å². The number of rotatable bonds is 5. The zero-order chi connectivity index (χ0) is 17.9. The van der Waals surface area contributed by atoms with Crippen molar-refractivity contribution >= 4 is 17.7 Å². The minimum Gasteiger partial charge on any atom is -0.497 e. The molecule has 2 bridgehead atoms. The normalized spacial score (nSPS) is 20.8. The molecule has 4 rings (SSSR count). The second kappa shape index (κ2) is 7.00. The smallest absolute Gasteiger partial charge is 0.271 e.